The SMILES string of the molecule is Cc1ccc(Nc2cc(N3CCC(=O)CC3)nc(N3CCN(Cc4ccccc4)CC3)n2)cc1. The van der Waals surface area contributed by atoms with Gasteiger partial charge in [0.25, 0.3) is 0 Å². The lowest BCUT2D eigenvalue weighted by Gasteiger charge is -2.35. The van der Waals surface area contributed by atoms with Crippen LogP contribution in [0.15, 0.2) is 60.7 Å². The Bertz CT molecular complexity index is 1100. The van der Waals surface area contributed by atoms with Gasteiger partial charge in [-0.1, -0.05) is 48.0 Å². The molecule has 1 aromatic heterocycles. The molecular weight excluding hydrogens is 424 g/mol. The number of carbonyl (C=O) groups is 1. The van der Waals surface area contributed by atoms with Crippen LogP contribution in [0.4, 0.5) is 23.3 Å². The summed E-state index contributed by atoms with van der Waals surface area (Å²) in [6.07, 6.45) is 1.16. The van der Waals surface area contributed by atoms with Crippen LogP contribution < -0.4 is 15.1 Å². The van der Waals surface area contributed by atoms with Crippen LogP contribution in [0.3, 0.4) is 0 Å². The van der Waals surface area contributed by atoms with E-state index in [1.165, 1.54) is 11.1 Å². The largest absolute Gasteiger partial charge is 0.356 e. The highest BCUT2D eigenvalue weighted by Crippen LogP contribution is 2.26. The van der Waals surface area contributed by atoms with Crippen molar-refractivity contribution < 1.29 is 4.79 Å². The van der Waals surface area contributed by atoms with Gasteiger partial charge in [0, 0.05) is 70.4 Å². The normalized spacial score (nSPS) is 17.1. The fraction of sp³-hybridized carbons (Fsp3) is 0.370. The third-order valence-electron chi connectivity index (χ3n) is 6.57. The Hall–Kier alpha value is -3.45. The summed E-state index contributed by atoms with van der Waals surface area (Å²) in [5.41, 5.74) is 3.57. The smallest absolute Gasteiger partial charge is 0.229 e. The van der Waals surface area contributed by atoms with Gasteiger partial charge in [0.15, 0.2) is 0 Å². The maximum Gasteiger partial charge on any atom is 0.229 e. The zero-order valence-electron chi connectivity index (χ0n) is 19.8. The quantitative estimate of drug-likeness (QED) is 0.601. The topological polar surface area (TPSA) is 64.6 Å². The zero-order valence-corrected chi connectivity index (χ0v) is 19.8. The average molecular weight is 457 g/mol. The second kappa shape index (κ2) is 10.2. The number of Topliss-reactive ketones (excluding diaryl/α,β-unsaturated/α-hetero) is 1. The van der Waals surface area contributed by atoms with Gasteiger partial charge in [0.2, 0.25) is 5.95 Å². The van der Waals surface area contributed by atoms with Crippen molar-refractivity contribution in [2.45, 2.75) is 26.3 Å². The maximum atomic E-state index is 11.8. The summed E-state index contributed by atoms with van der Waals surface area (Å²) < 4.78 is 0. The molecular formula is C27H32N6O. The third-order valence-corrected chi connectivity index (χ3v) is 6.57. The molecule has 2 saturated heterocycles. The number of hydrogen-bond donors (Lipinski definition) is 1. The molecule has 176 valence electrons. The van der Waals surface area contributed by atoms with Crippen molar-refractivity contribution in [2.24, 2.45) is 0 Å². The van der Waals surface area contributed by atoms with Gasteiger partial charge < -0.3 is 15.1 Å². The summed E-state index contributed by atoms with van der Waals surface area (Å²) in [5.74, 6) is 2.76. The van der Waals surface area contributed by atoms with Crippen molar-refractivity contribution in [3.05, 3.63) is 71.8 Å². The van der Waals surface area contributed by atoms with Crippen LogP contribution in [0.5, 0.6) is 0 Å². The van der Waals surface area contributed by atoms with Crippen molar-refractivity contribution in [1.82, 2.24) is 14.9 Å². The number of benzene rings is 2. The molecule has 2 aliphatic heterocycles. The Labute approximate surface area is 201 Å². The van der Waals surface area contributed by atoms with Crippen LogP contribution in [0.25, 0.3) is 0 Å². The summed E-state index contributed by atoms with van der Waals surface area (Å²) in [6, 6.07) is 21.0. The van der Waals surface area contributed by atoms with Crippen molar-refractivity contribution in [3.63, 3.8) is 0 Å². The Kier molecular flexibility index (Phi) is 6.72. The highest BCUT2D eigenvalue weighted by molar-refractivity contribution is 5.81. The van der Waals surface area contributed by atoms with E-state index in [0.29, 0.717) is 31.7 Å². The molecule has 0 spiro atoms. The number of rotatable bonds is 6. The molecule has 0 unspecified atom stereocenters. The van der Waals surface area contributed by atoms with Gasteiger partial charge in [0.1, 0.15) is 17.4 Å². The average Bonchev–Trinajstić information content (AvgIpc) is 2.87. The summed E-state index contributed by atoms with van der Waals surface area (Å²) in [5, 5.41) is 3.46. The van der Waals surface area contributed by atoms with Crippen molar-refractivity contribution >= 4 is 29.1 Å². The summed E-state index contributed by atoms with van der Waals surface area (Å²) in [4.78, 5) is 28.6. The molecule has 2 aliphatic rings. The minimum absolute atomic E-state index is 0.332. The third kappa shape index (κ3) is 5.54. The molecule has 7 nitrogen and oxygen atoms in total. The van der Waals surface area contributed by atoms with E-state index >= 15 is 0 Å². The second-order valence-electron chi connectivity index (χ2n) is 9.18. The van der Waals surface area contributed by atoms with Gasteiger partial charge in [-0.05, 0) is 24.6 Å². The lowest BCUT2D eigenvalue weighted by molar-refractivity contribution is -0.119. The first-order valence-corrected chi connectivity index (χ1v) is 12.1. The monoisotopic (exact) mass is 456 g/mol. The van der Waals surface area contributed by atoms with Crippen LogP contribution in [0, 0.1) is 6.92 Å². The highest BCUT2D eigenvalue weighted by Gasteiger charge is 2.23. The van der Waals surface area contributed by atoms with Crippen molar-refractivity contribution in [3.8, 4) is 0 Å². The molecule has 5 rings (SSSR count). The molecule has 1 N–H and O–H groups in total. The predicted molar refractivity (Wildman–Crippen MR) is 137 cm³/mol. The number of aryl methyl sites for hydroxylation is 1. The molecule has 0 bridgehead atoms. The molecule has 3 aromatic rings. The van der Waals surface area contributed by atoms with E-state index in [2.05, 4.69) is 81.5 Å². The number of piperazine rings is 1. The fourth-order valence-electron chi connectivity index (χ4n) is 4.51. The number of ketones is 1. The standard InChI is InChI=1S/C27H32N6O/c1-21-7-9-23(10-8-21)28-25-19-26(32-13-11-24(34)12-14-32)30-27(29-25)33-17-15-31(16-18-33)20-22-5-3-2-4-6-22/h2-10,19H,11-18,20H2,1H3,(H,28,29,30). The lowest BCUT2D eigenvalue weighted by atomic mass is 10.1. The molecule has 0 radical (unpaired) electrons. The Morgan fingerprint density at radius 1 is 0.824 bits per heavy atom. The minimum atomic E-state index is 0.332. The van der Waals surface area contributed by atoms with E-state index in [0.717, 1.165) is 56.0 Å². The van der Waals surface area contributed by atoms with E-state index in [1.54, 1.807) is 0 Å². The molecule has 2 aromatic carbocycles. The Morgan fingerprint density at radius 3 is 2.24 bits per heavy atom. The first-order valence-electron chi connectivity index (χ1n) is 12.1. The molecule has 0 saturated carbocycles. The minimum Gasteiger partial charge on any atom is -0.356 e. The number of anilines is 4. The molecule has 0 amide bonds. The number of piperidine rings is 1. The van der Waals surface area contributed by atoms with E-state index in [9.17, 15) is 4.79 Å². The Balaban J connectivity index is 1.33. The summed E-state index contributed by atoms with van der Waals surface area (Å²) >= 11 is 0. The lowest BCUT2D eigenvalue weighted by Crippen LogP contribution is -2.46. The van der Waals surface area contributed by atoms with Crippen LogP contribution in [-0.2, 0) is 11.3 Å². The van der Waals surface area contributed by atoms with E-state index < -0.39 is 0 Å². The van der Waals surface area contributed by atoms with Gasteiger partial charge >= 0.3 is 0 Å². The fourth-order valence-corrected chi connectivity index (χ4v) is 4.51. The molecule has 34 heavy (non-hydrogen) atoms. The molecule has 7 heteroatoms. The molecule has 0 atom stereocenters. The number of hydrogen-bond acceptors (Lipinski definition) is 7. The van der Waals surface area contributed by atoms with Gasteiger partial charge in [-0.2, -0.15) is 9.97 Å². The second-order valence-corrected chi connectivity index (χ2v) is 9.18. The molecule has 2 fully saturated rings. The van der Waals surface area contributed by atoms with Crippen LogP contribution in [0.2, 0.25) is 0 Å². The van der Waals surface area contributed by atoms with Crippen molar-refractivity contribution in [1.29, 1.82) is 0 Å². The number of carbonyl (C=O) groups excluding carboxylic acids is 1. The van der Waals surface area contributed by atoms with E-state index in [-0.39, 0.29) is 0 Å². The Morgan fingerprint density at radius 2 is 1.53 bits per heavy atom. The summed E-state index contributed by atoms with van der Waals surface area (Å²) in [6.45, 7) is 8.20. The summed E-state index contributed by atoms with van der Waals surface area (Å²) in [7, 11) is 0. The number of nitrogens with one attached hydrogen (secondary N) is 1. The van der Waals surface area contributed by atoms with Crippen LogP contribution >= 0.6 is 0 Å². The van der Waals surface area contributed by atoms with Gasteiger partial charge in [-0.25, -0.2) is 0 Å². The van der Waals surface area contributed by atoms with Crippen LogP contribution in [-0.4, -0.2) is 59.9 Å². The van der Waals surface area contributed by atoms with Crippen LogP contribution in [0.1, 0.15) is 24.0 Å². The number of aromatic nitrogens is 2. The van der Waals surface area contributed by atoms with E-state index in [4.69, 9.17) is 9.97 Å². The van der Waals surface area contributed by atoms with Gasteiger partial charge in [-0.3, -0.25) is 9.69 Å². The molecule has 0 aliphatic carbocycles. The predicted octanol–water partition coefficient (Wildman–Crippen LogP) is 4.02. The first-order chi connectivity index (χ1) is 16.6. The number of nitrogens with zero attached hydrogens (tertiary/aromatic N) is 5. The first kappa shape index (κ1) is 22.3. The maximum absolute atomic E-state index is 11.8. The molecule has 3 heterocycles. The van der Waals surface area contributed by atoms with Crippen molar-refractivity contribution in [2.75, 3.05) is 54.4 Å². The van der Waals surface area contributed by atoms with Gasteiger partial charge in [0.05, 0.1) is 0 Å². The zero-order chi connectivity index (χ0) is 23.3. The van der Waals surface area contributed by atoms with E-state index in [1.807, 2.05) is 6.07 Å². The highest BCUT2D eigenvalue weighted by atomic mass is 16.1. The van der Waals surface area contributed by atoms with Gasteiger partial charge in [-0.15, -0.1) is 0 Å².